The van der Waals surface area contributed by atoms with Crippen molar-refractivity contribution in [1.82, 2.24) is 4.90 Å². The van der Waals surface area contributed by atoms with Crippen LogP contribution in [0.25, 0.3) is 6.08 Å². The summed E-state index contributed by atoms with van der Waals surface area (Å²) in [4.78, 5) is 24.6. The number of methoxy groups -OCH3 is 1. The highest BCUT2D eigenvalue weighted by molar-refractivity contribution is 5.93. The molecule has 1 aromatic rings. The van der Waals surface area contributed by atoms with E-state index in [-0.39, 0.29) is 12.5 Å². The SMILES string of the molecule is CCOC(=O)CN(C)C(=O)C=Cc1cc(C)ccc1OC. The number of amides is 1. The van der Waals surface area contributed by atoms with E-state index in [1.807, 2.05) is 25.1 Å². The van der Waals surface area contributed by atoms with Gasteiger partial charge in [0.05, 0.1) is 13.7 Å². The predicted molar refractivity (Wildman–Crippen MR) is 81.0 cm³/mol. The molecule has 21 heavy (non-hydrogen) atoms. The highest BCUT2D eigenvalue weighted by atomic mass is 16.5. The van der Waals surface area contributed by atoms with E-state index in [0.29, 0.717) is 12.4 Å². The molecule has 0 aliphatic carbocycles. The van der Waals surface area contributed by atoms with Crippen molar-refractivity contribution >= 4 is 18.0 Å². The van der Waals surface area contributed by atoms with Crippen molar-refractivity contribution < 1.29 is 19.1 Å². The number of likely N-dealkylation sites (N-methyl/N-ethyl adjacent to an activating group) is 1. The lowest BCUT2D eigenvalue weighted by molar-refractivity contribution is -0.146. The van der Waals surface area contributed by atoms with Gasteiger partial charge >= 0.3 is 5.97 Å². The smallest absolute Gasteiger partial charge is 0.325 e. The van der Waals surface area contributed by atoms with Crippen molar-refractivity contribution in [3.8, 4) is 5.75 Å². The van der Waals surface area contributed by atoms with Gasteiger partial charge < -0.3 is 14.4 Å². The standard InChI is InChI=1S/C16H21NO4/c1-5-21-16(19)11-17(3)15(18)9-7-13-10-12(2)6-8-14(13)20-4/h6-10H,5,11H2,1-4H3. The fourth-order valence-electron chi connectivity index (χ4n) is 1.75. The van der Waals surface area contributed by atoms with Crippen LogP contribution in [0.5, 0.6) is 5.75 Å². The maximum absolute atomic E-state index is 11.9. The second-order valence-corrected chi connectivity index (χ2v) is 4.58. The lowest BCUT2D eigenvalue weighted by Gasteiger charge is -2.13. The van der Waals surface area contributed by atoms with Crippen LogP contribution in [-0.4, -0.2) is 44.1 Å². The number of benzene rings is 1. The minimum Gasteiger partial charge on any atom is -0.496 e. The van der Waals surface area contributed by atoms with E-state index in [9.17, 15) is 9.59 Å². The van der Waals surface area contributed by atoms with Crippen molar-refractivity contribution in [3.63, 3.8) is 0 Å². The quantitative estimate of drug-likeness (QED) is 0.594. The topological polar surface area (TPSA) is 55.8 Å². The monoisotopic (exact) mass is 291 g/mol. The van der Waals surface area contributed by atoms with Crippen LogP contribution in [0.2, 0.25) is 0 Å². The summed E-state index contributed by atoms with van der Waals surface area (Å²) in [5.74, 6) is -0.000746. The van der Waals surface area contributed by atoms with Crippen molar-refractivity contribution in [2.24, 2.45) is 0 Å². The summed E-state index contributed by atoms with van der Waals surface area (Å²) < 4.78 is 10.0. The van der Waals surface area contributed by atoms with Crippen molar-refractivity contribution in [1.29, 1.82) is 0 Å². The summed E-state index contributed by atoms with van der Waals surface area (Å²) in [7, 11) is 3.13. The molecule has 0 aromatic heterocycles. The van der Waals surface area contributed by atoms with Crippen LogP contribution in [0.4, 0.5) is 0 Å². The highest BCUT2D eigenvalue weighted by Gasteiger charge is 2.11. The van der Waals surface area contributed by atoms with E-state index >= 15 is 0 Å². The average molecular weight is 291 g/mol. The Morgan fingerprint density at radius 3 is 2.67 bits per heavy atom. The van der Waals surface area contributed by atoms with E-state index in [2.05, 4.69) is 0 Å². The van der Waals surface area contributed by atoms with Gasteiger partial charge in [-0.25, -0.2) is 0 Å². The number of hydrogen-bond donors (Lipinski definition) is 0. The Kier molecular flexibility index (Phi) is 6.46. The molecule has 0 atom stereocenters. The molecule has 0 fully saturated rings. The van der Waals surface area contributed by atoms with Crippen molar-refractivity contribution in [2.75, 3.05) is 27.3 Å². The maximum atomic E-state index is 11.9. The van der Waals surface area contributed by atoms with Gasteiger partial charge in [0.25, 0.3) is 0 Å². The van der Waals surface area contributed by atoms with Gasteiger partial charge in [-0.3, -0.25) is 9.59 Å². The fourth-order valence-corrected chi connectivity index (χ4v) is 1.75. The number of aryl methyl sites for hydroxylation is 1. The Labute approximate surface area is 125 Å². The van der Waals surface area contributed by atoms with Crippen molar-refractivity contribution in [2.45, 2.75) is 13.8 Å². The van der Waals surface area contributed by atoms with E-state index in [1.54, 1.807) is 27.2 Å². The zero-order valence-corrected chi connectivity index (χ0v) is 12.9. The first kappa shape index (κ1) is 16.8. The Balaban J connectivity index is 2.73. The van der Waals surface area contributed by atoms with Crippen LogP contribution in [-0.2, 0) is 14.3 Å². The van der Waals surface area contributed by atoms with Gasteiger partial charge in [0.15, 0.2) is 0 Å². The molecule has 0 unspecified atom stereocenters. The normalized spacial score (nSPS) is 10.5. The molecule has 0 saturated heterocycles. The van der Waals surface area contributed by atoms with Gasteiger partial charge in [0.2, 0.25) is 5.91 Å². The third-order valence-electron chi connectivity index (χ3n) is 2.84. The largest absolute Gasteiger partial charge is 0.496 e. The Hall–Kier alpha value is -2.30. The molecule has 0 N–H and O–H groups in total. The van der Waals surface area contributed by atoms with Crippen LogP contribution >= 0.6 is 0 Å². The van der Waals surface area contributed by atoms with E-state index in [4.69, 9.17) is 9.47 Å². The fraction of sp³-hybridized carbons (Fsp3) is 0.375. The maximum Gasteiger partial charge on any atom is 0.325 e. The zero-order chi connectivity index (χ0) is 15.8. The van der Waals surface area contributed by atoms with Crippen LogP contribution in [0.1, 0.15) is 18.1 Å². The molecule has 0 bridgehead atoms. The van der Waals surface area contributed by atoms with Crippen LogP contribution in [0.3, 0.4) is 0 Å². The molecule has 0 saturated carbocycles. The first-order valence-corrected chi connectivity index (χ1v) is 6.71. The molecule has 0 aliphatic heterocycles. The number of hydrogen-bond acceptors (Lipinski definition) is 4. The third-order valence-corrected chi connectivity index (χ3v) is 2.84. The van der Waals surface area contributed by atoms with Gasteiger partial charge in [-0.1, -0.05) is 11.6 Å². The van der Waals surface area contributed by atoms with Gasteiger partial charge in [-0.15, -0.1) is 0 Å². The predicted octanol–water partition coefficient (Wildman–Crippen LogP) is 2.04. The van der Waals surface area contributed by atoms with Gasteiger partial charge in [0, 0.05) is 18.7 Å². The first-order chi connectivity index (χ1) is 9.97. The molecule has 0 spiro atoms. The summed E-state index contributed by atoms with van der Waals surface area (Å²) in [6.07, 6.45) is 3.09. The molecule has 5 nitrogen and oxygen atoms in total. The van der Waals surface area contributed by atoms with Crippen LogP contribution < -0.4 is 4.74 Å². The highest BCUT2D eigenvalue weighted by Crippen LogP contribution is 2.20. The second kappa shape index (κ2) is 8.09. The minimum absolute atomic E-state index is 0.0675. The molecule has 1 rings (SSSR count). The van der Waals surface area contributed by atoms with Gasteiger partial charge in [-0.05, 0) is 32.1 Å². The summed E-state index contributed by atoms with van der Waals surface area (Å²) in [6, 6.07) is 5.71. The number of rotatable bonds is 6. The Morgan fingerprint density at radius 1 is 1.33 bits per heavy atom. The van der Waals surface area contributed by atoms with Crippen LogP contribution in [0, 0.1) is 6.92 Å². The lowest BCUT2D eigenvalue weighted by Crippen LogP contribution is -2.31. The Morgan fingerprint density at radius 2 is 2.05 bits per heavy atom. The summed E-state index contributed by atoms with van der Waals surface area (Å²) >= 11 is 0. The number of carbonyl (C=O) groups is 2. The molecule has 0 radical (unpaired) electrons. The number of ether oxygens (including phenoxy) is 2. The molecule has 0 aliphatic rings. The first-order valence-electron chi connectivity index (χ1n) is 6.71. The molecular formula is C16H21NO4. The number of esters is 1. The number of nitrogens with zero attached hydrogens (tertiary/aromatic N) is 1. The zero-order valence-electron chi connectivity index (χ0n) is 12.9. The molecule has 0 heterocycles. The molecule has 1 aromatic carbocycles. The van der Waals surface area contributed by atoms with E-state index in [0.717, 1.165) is 11.1 Å². The van der Waals surface area contributed by atoms with Gasteiger partial charge in [-0.2, -0.15) is 0 Å². The minimum atomic E-state index is -0.421. The van der Waals surface area contributed by atoms with Gasteiger partial charge in [0.1, 0.15) is 12.3 Å². The molecule has 114 valence electrons. The lowest BCUT2D eigenvalue weighted by atomic mass is 10.1. The Bertz CT molecular complexity index is 537. The second-order valence-electron chi connectivity index (χ2n) is 4.58. The molecule has 5 heteroatoms. The summed E-state index contributed by atoms with van der Waals surface area (Å²) in [5, 5.41) is 0. The van der Waals surface area contributed by atoms with Crippen molar-refractivity contribution in [3.05, 3.63) is 35.4 Å². The third kappa shape index (κ3) is 5.30. The summed E-state index contributed by atoms with van der Waals surface area (Å²) in [5.41, 5.74) is 1.89. The molecule has 1 amide bonds. The van der Waals surface area contributed by atoms with Crippen LogP contribution in [0.15, 0.2) is 24.3 Å². The van der Waals surface area contributed by atoms with E-state index in [1.165, 1.54) is 11.0 Å². The number of carbonyl (C=O) groups excluding carboxylic acids is 2. The average Bonchev–Trinajstić information content (AvgIpc) is 2.45. The molecular weight excluding hydrogens is 270 g/mol. The van der Waals surface area contributed by atoms with E-state index < -0.39 is 5.97 Å². The summed E-state index contributed by atoms with van der Waals surface area (Å²) in [6.45, 7) is 3.92.